The molecule has 1 aromatic heterocycles. The first kappa shape index (κ1) is 15.6. The lowest BCUT2D eigenvalue weighted by Crippen LogP contribution is -2.21. The summed E-state index contributed by atoms with van der Waals surface area (Å²) in [7, 11) is 0. The molecule has 1 heterocycles. The summed E-state index contributed by atoms with van der Waals surface area (Å²) in [4.78, 5) is 3.27. The highest BCUT2D eigenvalue weighted by Gasteiger charge is 2.14. The van der Waals surface area contributed by atoms with Crippen LogP contribution >= 0.6 is 0 Å². The van der Waals surface area contributed by atoms with Gasteiger partial charge in [0.2, 0.25) is 0 Å². The summed E-state index contributed by atoms with van der Waals surface area (Å²) in [6.07, 6.45) is 3.02. The summed E-state index contributed by atoms with van der Waals surface area (Å²) in [6.45, 7) is 5.76. The quantitative estimate of drug-likeness (QED) is 0.657. The van der Waals surface area contributed by atoms with E-state index in [1.807, 2.05) is 19.2 Å². The van der Waals surface area contributed by atoms with E-state index < -0.39 is 0 Å². The lowest BCUT2D eigenvalue weighted by molar-refractivity contribution is 0.330. The second kappa shape index (κ2) is 7.34. The fourth-order valence-corrected chi connectivity index (χ4v) is 3.07. The number of ether oxygens (including phenoxy) is 1. The lowest BCUT2D eigenvalue weighted by Gasteiger charge is -2.21. The highest BCUT2D eigenvalue weighted by Crippen LogP contribution is 2.28. The van der Waals surface area contributed by atoms with Gasteiger partial charge in [-0.3, -0.25) is 0 Å². The van der Waals surface area contributed by atoms with Gasteiger partial charge in [-0.05, 0) is 37.1 Å². The van der Waals surface area contributed by atoms with Crippen LogP contribution in [0.5, 0.6) is 5.75 Å². The third kappa shape index (κ3) is 3.40. The molecule has 0 amide bonds. The number of hydrogen-bond acceptors (Lipinski definition) is 2. The molecule has 2 N–H and O–H groups in total. The van der Waals surface area contributed by atoms with E-state index in [1.54, 1.807) is 0 Å². The number of nitrogens with one attached hydrogen (secondary N) is 2. The van der Waals surface area contributed by atoms with Crippen LogP contribution < -0.4 is 10.1 Å². The van der Waals surface area contributed by atoms with E-state index in [0.29, 0.717) is 6.61 Å². The first-order valence-electron chi connectivity index (χ1n) is 8.33. The van der Waals surface area contributed by atoms with Crippen LogP contribution in [0, 0.1) is 0 Å². The molecule has 1 unspecified atom stereocenters. The maximum absolute atomic E-state index is 5.78. The molecule has 0 aliphatic rings. The van der Waals surface area contributed by atoms with Gasteiger partial charge in [-0.15, -0.1) is 0 Å². The SMILES string of the molecule is CCOc1ccccc1C(CC)NCc1cccc2[nH]ccc12. The van der Waals surface area contributed by atoms with Crippen LogP contribution in [0.4, 0.5) is 0 Å². The number of rotatable bonds is 7. The molecule has 0 saturated carbocycles. The third-order valence-corrected chi connectivity index (χ3v) is 4.23. The predicted octanol–water partition coefficient (Wildman–Crippen LogP) is 4.81. The minimum Gasteiger partial charge on any atom is -0.494 e. The summed E-state index contributed by atoms with van der Waals surface area (Å²) in [5, 5.41) is 4.97. The van der Waals surface area contributed by atoms with Gasteiger partial charge in [0.1, 0.15) is 5.75 Å². The van der Waals surface area contributed by atoms with Crippen molar-refractivity contribution in [2.24, 2.45) is 0 Å². The van der Waals surface area contributed by atoms with E-state index >= 15 is 0 Å². The molecule has 1 atom stereocenters. The number of fused-ring (bicyclic) bond motifs is 1. The van der Waals surface area contributed by atoms with E-state index in [9.17, 15) is 0 Å². The van der Waals surface area contributed by atoms with Gasteiger partial charge in [-0.25, -0.2) is 0 Å². The number of H-pyrrole nitrogens is 1. The standard InChI is InChI=1S/C20H24N2O/c1-3-18(17-9-5-6-11-20(17)23-4-2)22-14-15-8-7-10-19-16(15)12-13-21-19/h5-13,18,21-22H,3-4,14H2,1-2H3. The van der Waals surface area contributed by atoms with Crippen LogP contribution in [-0.4, -0.2) is 11.6 Å². The summed E-state index contributed by atoms with van der Waals surface area (Å²) in [6, 6.07) is 17.1. The molecule has 0 bridgehead atoms. The van der Waals surface area contributed by atoms with Gasteiger partial charge >= 0.3 is 0 Å². The molecule has 0 aliphatic carbocycles. The van der Waals surface area contributed by atoms with E-state index in [-0.39, 0.29) is 6.04 Å². The maximum atomic E-state index is 5.78. The second-order valence-corrected chi connectivity index (χ2v) is 5.67. The van der Waals surface area contributed by atoms with Gasteiger partial charge in [0, 0.05) is 35.2 Å². The van der Waals surface area contributed by atoms with Crippen LogP contribution in [0.2, 0.25) is 0 Å². The summed E-state index contributed by atoms with van der Waals surface area (Å²) in [5.41, 5.74) is 3.74. The fourth-order valence-electron chi connectivity index (χ4n) is 3.07. The molecular formula is C20H24N2O. The lowest BCUT2D eigenvalue weighted by atomic mass is 10.0. The van der Waals surface area contributed by atoms with Crippen molar-refractivity contribution in [3.63, 3.8) is 0 Å². The van der Waals surface area contributed by atoms with E-state index in [0.717, 1.165) is 18.7 Å². The van der Waals surface area contributed by atoms with Crippen molar-refractivity contribution < 1.29 is 4.74 Å². The van der Waals surface area contributed by atoms with Crippen molar-refractivity contribution in [3.05, 3.63) is 65.9 Å². The van der Waals surface area contributed by atoms with E-state index in [2.05, 4.69) is 59.7 Å². The first-order chi connectivity index (χ1) is 11.3. The zero-order valence-corrected chi connectivity index (χ0v) is 13.8. The number of benzene rings is 2. The van der Waals surface area contributed by atoms with Crippen LogP contribution in [0.1, 0.15) is 37.4 Å². The Morgan fingerprint density at radius 1 is 1.04 bits per heavy atom. The number of para-hydroxylation sites is 1. The van der Waals surface area contributed by atoms with Crippen molar-refractivity contribution in [1.82, 2.24) is 10.3 Å². The monoisotopic (exact) mass is 308 g/mol. The molecule has 120 valence electrons. The molecule has 0 fully saturated rings. The molecular weight excluding hydrogens is 284 g/mol. The molecule has 3 rings (SSSR count). The first-order valence-corrected chi connectivity index (χ1v) is 8.33. The van der Waals surface area contributed by atoms with E-state index in [1.165, 1.54) is 22.0 Å². The van der Waals surface area contributed by atoms with Gasteiger partial charge in [0.05, 0.1) is 6.61 Å². The van der Waals surface area contributed by atoms with Crippen LogP contribution in [0.25, 0.3) is 10.9 Å². The smallest absolute Gasteiger partial charge is 0.124 e. The zero-order valence-electron chi connectivity index (χ0n) is 13.8. The molecule has 0 radical (unpaired) electrons. The Hall–Kier alpha value is -2.26. The normalized spacial score (nSPS) is 12.4. The summed E-state index contributed by atoms with van der Waals surface area (Å²) >= 11 is 0. The summed E-state index contributed by atoms with van der Waals surface area (Å²) in [5.74, 6) is 0.981. The maximum Gasteiger partial charge on any atom is 0.124 e. The Bertz CT molecular complexity index is 763. The molecule has 0 spiro atoms. The van der Waals surface area contributed by atoms with Crippen molar-refractivity contribution in [3.8, 4) is 5.75 Å². The highest BCUT2D eigenvalue weighted by molar-refractivity contribution is 5.82. The van der Waals surface area contributed by atoms with Crippen molar-refractivity contribution >= 4 is 10.9 Å². The Balaban J connectivity index is 1.79. The average Bonchev–Trinajstić information content (AvgIpc) is 3.06. The molecule has 23 heavy (non-hydrogen) atoms. The van der Waals surface area contributed by atoms with Gasteiger partial charge < -0.3 is 15.0 Å². The van der Waals surface area contributed by atoms with Crippen molar-refractivity contribution in [2.45, 2.75) is 32.9 Å². The number of hydrogen-bond donors (Lipinski definition) is 2. The number of aromatic nitrogens is 1. The van der Waals surface area contributed by atoms with Crippen LogP contribution in [0.15, 0.2) is 54.7 Å². The zero-order chi connectivity index (χ0) is 16.1. The van der Waals surface area contributed by atoms with E-state index in [4.69, 9.17) is 4.74 Å². The molecule has 0 aliphatic heterocycles. The Kier molecular flexibility index (Phi) is 4.99. The third-order valence-electron chi connectivity index (χ3n) is 4.23. The van der Waals surface area contributed by atoms with Gasteiger partial charge in [-0.1, -0.05) is 37.3 Å². The Morgan fingerprint density at radius 3 is 2.74 bits per heavy atom. The predicted molar refractivity (Wildman–Crippen MR) is 95.8 cm³/mol. The minimum absolute atomic E-state index is 0.284. The average molecular weight is 308 g/mol. The molecule has 3 aromatic rings. The van der Waals surface area contributed by atoms with Crippen LogP contribution in [-0.2, 0) is 6.54 Å². The van der Waals surface area contributed by atoms with Crippen LogP contribution in [0.3, 0.4) is 0 Å². The highest BCUT2D eigenvalue weighted by atomic mass is 16.5. The van der Waals surface area contributed by atoms with Crippen molar-refractivity contribution in [1.29, 1.82) is 0 Å². The molecule has 3 nitrogen and oxygen atoms in total. The number of aromatic amines is 1. The fraction of sp³-hybridized carbons (Fsp3) is 0.300. The largest absolute Gasteiger partial charge is 0.494 e. The minimum atomic E-state index is 0.284. The van der Waals surface area contributed by atoms with Gasteiger partial charge in [0.25, 0.3) is 0 Å². The molecule has 3 heteroatoms. The van der Waals surface area contributed by atoms with Crippen molar-refractivity contribution in [2.75, 3.05) is 6.61 Å². The van der Waals surface area contributed by atoms with Gasteiger partial charge in [-0.2, -0.15) is 0 Å². The molecule has 2 aromatic carbocycles. The second-order valence-electron chi connectivity index (χ2n) is 5.67. The Labute approximate surface area is 137 Å². The topological polar surface area (TPSA) is 37.0 Å². The van der Waals surface area contributed by atoms with Gasteiger partial charge in [0.15, 0.2) is 0 Å². The molecule has 0 saturated heterocycles. The summed E-state index contributed by atoms with van der Waals surface area (Å²) < 4.78 is 5.78. The Morgan fingerprint density at radius 2 is 1.91 bits per heavy atom.